The Hall–Kier alpha value is -1.18. The van der Waals surface area contributed by atoms with Crippen LogP contribution in [0, 0.1) is 0 Å². The van der Waals surface area contributed by atoms with Crippen LogP contribution in [0.1, 0.15) is 26.2 Å². The van der Waals surface area contributed by atoms with Crippen molar-refractivity contribution in [2.75, 3.05) is 40.5 Å². The number of quaternary nitrogens is 1. The summed E-state index contributed by atoms with van der Waals surface area (Å²) in [5.74, 6) is 0.0391. The lowest BCUT2D eigenvalue weighted by molar-refractivity contribution is -0.678. The Balaban J connectivity index is 1.71. The number of rotatable bonds is 2. The maximum atomic E-state index is 12.3. The largest absolute Gasteiger partial charge is 0.468 e. The molecule has 0 aromatic heterocycles. The van der Waals surface area contributed by atoms with Crippen LogP contribution in [0.25, 0.3) is 0 Å². The van der Waals surface area contributed by atoms with Crippen molar-refractivity contribution in [3.05, 3.63) is 0 Å². The van der Waals surface area contributed by atoms with Crippen LogP contribution in [0.2, 0.25) is 0 Å². The number of hydrogen-bond donors (Lipinski definition) is 1. The molecule has 0 spiro atoms. The lowest BCUT2D eigenvalue weighted by Crippen LogP contribution is -2.89. The number of ether oxygens (including phenoxy) is 1. The average molecular weight is 325 g/mol. The third kappa shape index (κ3) is 3.22. The second-order valence-electron chi connectivity index (χ2n) is 7.12. The van der Waals surface area contributed by atoms with Gasteiger partial charge >= 0.3 is 5.97 Å². The van der Waals surface area contributed by atoms with Crippen molar-refractivity contribution < 1.29 is 19.6 Å². The van der Waals surface area contributed by atoms with Crippen LogP contribution in [0.5, 0.6) is 0 Å². The average Bonchev–Trinajstić information content (AvgIpc) is 2.93. The minimum absolute atomic E-state index is 0.111. The number of likely N-dealkylation sites (N-methyl/N-ethyl adjacent to an activating group) is 1. The SMILES string of the molecule is COC(=O)C1CC2[NH2+]CN(C)C2CN1C1CCN(C(C)=O)CC1. The number of amides is 1. The van der Waals surface area contributed by atoms with Crippen LogP contribution in [0.3, 0.4) is 0 Å². The quantitative estimate of drug-likeness (QED) is 0.623. The maximum Gasteiger partial charge on any atom is 0.323 e. The predicted molar refractivity (Wildman–Crippen MR) is 84.5 cm³/mol. The molecule has 7 nitrogen and oxygen atoms in total. The first-order chi connectivity index (χ1) is 11.0. The standard InChI is InChI=1S/C16H28N4O3/c1-11(21)19-6-4-12(5-7-19)20-9-15-13(17-10-18(15)2)8-14(20)16(22)23-3/h12-15,17H,4-10H2,1-3H3/p+1. The molecule has 3 rings (SSSR count). The van der Waals surface area contributed by atoms with Gasteiger partial charge in [-0.3, -0.25) is 14.5 Å². The van der Waals surface area contributed by atoms with Gasteiger partial charge in [0.1, 0.15) is 18.8 Å². The fourth-order valence-corrected chi connectivity index (χ4v) is 4.47. The van der Waals surface area contributed by atoms with E-state index in [1.807, 2.05) is 4.90 Å². The van der Waals surface area contributed by atoms with E-state index in [-0.39, 0.29) is 17.9 Å². The van der Waals surface area contributed by atoms with Gasteiger partial charge in [-0.05, 0) is 19.9 Å². The van der Waals surface area contributed by atoms with Crippen LogP contribution < -0.4 is 5.32 Å². The molecule has 0 saturated carbocycles. The zero-order chi connectivity index (χ0) is 16.6. The number of nitrogens with zero attached hydrogens (tertiary/aromatic N) is 3. The third-order valence-corrected chi connectivity index (χ3v) is 5.90. The molecule has 2 N–H and O–H groups in total. The molecule has 3 aliphatic heterocycles. The Morgan fingerprint density at radius 3 is 2.52 bits per heavy atom. The number of methoxy groups -OCH3 is 1. The number of hydrogen-bond acceptors (Lipinski definition) is 5. The first-order valence-electron chi connectivity index (χ1n) is 8.64. The summed E-state index contributed by atoms with van der Waals surface area (Å²) in [7, 11) is 3.64. The summed E-state index contributed by atoms with van der Waals surface area (Å²) in [5, 5.41) is 2.34. The molecule has 0 aromatic carbocycles. The lowest BCUT2D eigenvalue weighted by Gasteiger charge is -2.46. The summed E-state index contributed by atoms with van der Waals surface area (Å²) in [4.78, 5) is 30.5. The number of piperidine rings is 2. The van der Waals surface area contributed by atoms with Gasteiger partial charge in [0.15, 0.2) is 0 Å². The molecule has 23 heavy (non-hydrogen) atoms. The van der Waals surface area contributed by atoms with Crippen molar-refractivity contribution in [1.82, 2.24) is 14.7 Å². The Morgan fingerprint density at radius 2 is 1.91 bits per heavy atom. The number of likely N-dealkylation sites (tertiary alicyclic amines) is 2. The number of carbonyl (C=O) groups excluding carboxylic acids is 2. The van der Waals surface area contributed by atoms with Gasteiger partial charge < -0.3 is 15.0 Å². The molecule has 3 unspecified atom stereocenters. The summed E-state index contributed by atoms with van der Waals surface area (Å²) < 4.78 is 5.07. The van der Waals surface area contributed by atoms with Gasteiger partial charge in [0.25, 0.3) is 0 Å². The third-order valence-electron chi connectivity index (χ3n) is 5.90. The molecule has 0 bridgehead atoms. The number of carbonyl (C=O) groups is 2. The highest BCUT2D eigenvalue weighted by Gasteiger charge is 2.48. The second kappa shape index (κ2) is 6.75. The summed E-state index contributed by atoms with van der Waals surface area (Å²) in [6, 6.07) is 1.21. The van der Waals surface area contributed by atoms with Gasteiger partial charge in [-0.15, -0.1) is 0 Å². The minimum atomic E-state index is -0.141. The highest BCUT2D eigenvalue weighted by molar-refractivity contribution is 5.76. The normalized spacial score (nSPS) is 33.5. The van der Waals surface area contributed by atoms with Crippen molar-refractivity contribution >= 4 is 11.9 Å². The topological polar surface area (TPSA) is 69.7 Å². The molecule has 3 atom stereocenters. The van der Waals surface area contributed by atoms with E-state index in [9.17, 15) is 9.59 Å². The first-order valence-corrected chi connectivity index (χ1v) is 8.64. The minimum Gasteiger partial charge on any atom is -0.468 e. The number of esters is 1. The molecular weight excluding hydrogens is 296 g/mol. The fourth-order valence-electron chi connectivity index (χ4n) is 4.47. The van der Waals surface area contributed by atoms with E-state index in [0.717, 1.165) is 45.6 Å². The van der Waals surface area contributed by atoms with Gasteiger partial charge in [-0.2, -0.15) is 0 Å². The first kappa shape index (κ1) is 16.7. The van der Waals surface area contributed by atoms with Crippen LogP contribution in [0.15, 0.2) is 0 Å². The second-order valence-corrected chi connectivity index (χ2v) is 7.12. The van der Waals surface area contributed by atoms with E-state index in [2.05, 4.69) is 22.2 Å². The lowest BCUT2D eigenvalue weighted by atomic mass is 9.89. The molecule has 3 saturated heterocycles. The molecule has 7 heteroatoms. The van der Waals surface area contributed by atoms with Gasteiger partial charge in [0.05, 0.1) is 13.2 Å². The number of fused-ring (bicyclic) bond motifs is 1. The van der Waals surface area contributed by atoms with Crippen LogP contribution in [-0.4, -0.2) is 91.2 Å². The van der Waals surface area contributed by atoms with Crippen molar-refractivity contribution in [2.45, 2.75) is 50.4 Å². The highest BCUT2D eigenvalue weighted by atomic mass is 16.5. The van der Waals surface area contributed by atoms with E-state index in [1.165, 1.54) is 7.11 Å². The van der Waals surface area contributed by atoms with Crippen molar-refractivity contribution in [3.8, 4) is 0 Å². The molecule has 3 aliphatic rings. The van der Waals surface area contributed by atoms with E-state index < -0.39 is 0 Å². The Kier molecular flexibility index (Phi) is 4.89. The van der Waals surface area contributed by atoms with Crippen LogP contribution >= 0.6 is 0 Å². The van der Waals surface area contributed by atoms with E-state index in [1.54, 1.807) is 6.92 Å². The number of nitrogens with two attached hydrogens (primary N) is 1. The zero-order valence-corrected chi connectivity index (χ0v) is 14.4. The Labute approximate surface area is 137 Å². The molecule has 3 heterocycles. The highest BCUT2D eigenvalue weighted by Crippen LogP contribution is 2.28. The van der Waals surface area contributed by atoms with E-state index in [0.29, 0.717) is 18.1 Å². The molecule has 130 valence electrons. The Morgan fingerprint density at radius 1 is 1.22 bits per heavy atom. The summed E-state index contributed by atoms with van der Waals surface area (Å²) in [5.41, 5.74) is 0. The predicted octanol–water partition coefficient (Wildman–Crippen LogP) is -1.55. The summed E-state index contributed by atoms with van der Waals surface area (Å²) in [6.45, 7) is 5.13. The molecule has 0 radical (unpaired) electrons. The van der Waals surface area contributed by atoms with Gasteiger partial charge in [0.2, 0.25) is 5.91 Å². The van der Waals surface area contributed by atoms with Crippen LogP contribution in [0.4, 0.5) is 0 Å². The van der Waals surface area contributed by atoms with Gasteiger partial charge in [-0.1, -0.05) is 0 Å². The van der Waals surface area contributed by atoms with E-state index >= 15 is 0 Å². The monoisotopic (exact) mass is 325 g/mol. The summed E-state index contributed by atoms with van der Waals surface area (Å²) in [6.07, 6.45) is 2.74. The molecular formula is C16H29N4O3+. The van der Waals surface area contributed by atoms with Crippen LogP contribution in [-0.2, 0) is 14.3 Å². The van der Waals surface area contributed by atoms with Crippen molar-refractivity contribution in [1.29, 1.82) is 0 Å². The van der Waals surface area contributed by atoms with E-state index in [4.69, 9.17) is 4.74 Å². The fraction of sp³-hybridized carbons (Fsp3) is 0.875. The zero-order valence-electron chi connectivity index (χ0n) is 14.4. The Bertz CT molecular complexity index is 464. The smallest absolute Gasteiger partial charge is 0.323 e. The molecule has 1 amide bonds. The molecule has 3 fully saturated rings. The summed E-state index contributed by atoms with van der Waals surface area (Å²) >= 11 is 0. The van der Waals surface area contributed by atoms with Crippen molar-refractivity contribution in [2.24, 2.45) is 0 Å². The van der Waals surface area contributed by atoms with Crippen molar-refractivity contribution in [3.63, 3.8) is 0 Å². The molecule has 0 aromatic rings. The van der Waals surface area contributed by atoms with Gasteiger partial charge in [-0.25, -0.2) is 4.90 Å². The van der Waals surface area contributed by atoms with Gasteiger partial charge in [0, 0.05) is 39.0 Å². The maximum absolute atomic E-state index is 12.3. The molecule has 0 aliphatic carbocycles.